The molecule has 2 heterocycles. The highest BCUT2D eigenvalue weighted by atomic mass is 35.5. The van der Waals surface area contributed by atoms with E-state index in [9.17, 15) is 18.0 Å². The first-order chi connectivity index (χ1) is 15.1. The average molecular weight is 473 g/mol. The number of benzene rings is 2. The van der Waals surface area contributed by atoms with E-state index in [0.29, 0.717) is 52.3 Å². The Kier molecular flexibility index (Phi) is 5.92. The highest BCUT2D eigenvalue weighted by Crippen LogP contribution is 2.30. The van der Waals surface area contributed by atoms with Crippen LogP contribution in [-0.2, 0) is 21.2 Å². The molecule has 32 heavy (non-hydrogen) atoms. The molecule has 0 unspecified atom stereocenters. The van der Waals surface area contributed by atoms with Crippen LogP contribution in [0.5, 0.6) is 0 Å². The number of sulfonamides is 1. The van der Waals surface area contributed by atoms with Crippen molar-refractivity contribution in [2.24, 2.45) is 0 Å². The third kappa shape index (κ3) is 4.47. The minimum atomic E-state index is -3.38. The Morgan fingerprint density at radius 2 is 1.94 bits per heavy atom. The Hall–Kier alpha value is -2.97. The molecule has 0 spiro atoms. The fraction of sp³-hybridized carbons (Fsp3) is 0.261. The maximum absolute atomic E-state index is 12.6. The van der Waals surface area contributed by atoms with E-state index in [1.54, 1.807) is 49.4 Å². The van der Waals surface area contributed by atoms with Crippen LogP contribution in [0.2, 0.25) is 5.02 Å². The lowest BCUT2D eigenvalue weighted by atomic mass is 9.99. The summed E-state index contributed by atoms with van der Waals surface area (Å²) in [6.45, 7) is 1.69. The highest BCUT2D eigenvalue weighted by Gasteiger charge is 2.25. The number of hydrogen-bond donors (Lipinski definition) is 0. The van der Waals surface area contributed by atoms with Crippen molar-refractivity contribution in [2.45, 2.75) is 19.8 Å². The molecule has 1 aromatic heterocycles. The molecule has 2 aromatic carbocycles. The van der Waals surface area contributed by atoms with Crippen LogP contribution in [0.15, 0.2) is 42.5 Å². The first-order valence-electron chi connectivity index (χ1n) is 10.0. The maximum atomic E-state index is 12.6. The number of pyridine rings is 1. The predicted molar refractivity (Wildman–Crippen MR) is 123 cm³/mol. The first kappa shape index (κ1) is 22.2. The van der Waals surface area contributed by atoms with Gasteiger partial charge in [0.2, 0.25) is 10.0 Å². The SMILES string of the molecule is Cc1nc2ccc(Cl)cc2cc1C(=O)OCC(=O)c1ccc2c(c1)CCCN2S(C)(=O)=O. The summed E-state index contributed by atoms with van der Waals surface area (Å²) in [5.41, 5.74) is 3.20. The standard InChI is InChI=1S/C23H21ClN2O5S/c1-14-19(12-17-11-18(24)6-7-20(17)25-14)23(28)31-13-22(27)16-5-8-21-15(10-16)4-3-9-26(21)32(2,29)30/h5-8,10-12H,3-4,9,13H2,1-2H3. The van der Waals surface area contributed by atoms with E-state index in [0.717, 1.165) is 11.8 Å². The number of carbonyl (C=O) groups excluding carboxylic acids is 2. The molecule has 0 saturated heterocycles. The van der Waals surface area contributed by atoms with Gasteiger partial charge < -0.3 is 4.74 Å². The minimum absolute atomic E-state index is 0.266. The Morgan fingerprint density at radius 1 is 1.16 bits per heavy atom. The van der Waals surface area contributed by atoms with Crippen LogP contribution < -0.4 is 4.31 Å². The minimum Gasteiger partial charge on any atom is -0.454 e. The summed E-state index contributed by atoms with van der Waals surface area (Å²) < 4.78 is 30.6. The quantitative estimate of drug-likeness (QED) is 0.412. The van der Waals surface area contributed by atoms with Gasteiger partial charge in [-0.1, -0.05) is 11.6 Å². The number of ether oxygens (including phenoxy) is 1. The zero-order valence-corrected chi connectivity index (χ0v) is 19.2. The second-order valence-electron chi connectivity index (χ2n) is 7.74. The number of fused-ring (bicyclic) bond motifs is 2. The molecule has 1 aliphatic rings. The second kappa shape index (κ2) is 8.52. The van der Waals surface area contributed by atoms with Crippen molar-refractivity contribution in [1.29, 1.82) is 0 Å². The molecule has 0 atom stereocenters. The molecule has 0 radical (unpaired) electrons. The van der Waals surface area contributed by atoms with Gasteiger partial charge in [-0.2, -0.15) is 0 Å². The van der Waals surface area contributed by atoms with E-state index in [1.807, 2.05) is 0 Å². The average Bonchev–Trinajstić information content (AvgIpc) is 2.75. The van der Waals surface area contributed by atoms with Crippen molar-refractivity contribution in [2.75, 3.05) is 23.7 Å². The second-order valence-corrected chi connectivity index (χ2v) is 10.1. The molecule has 0 amide bonds. The van der Waals surface area contributed by atoms with Gasteiger partial charge in [0.1, 0.15) is 0 Å². The zero-order valence-electron chi connectivity index (χ0n) is 17.6. The summed E-state index contributed by atoms with van der Waals surface area (Å²) in [5.74, 6) is -1.02. The molecule has 0 saturated carbocycles. The van der Waals surface area contributed by atoms with E-state index < -0.39 is 22.6 Å². The van der Waals surface area contributed by atoms with E-state index in [-0.39, 0.29) is 11.3 Å². The fourth-order valence-corrected chi connectivity index (χ4v) is 5.00. The van der Waals surface area contributed by atoms with Gasteiger partial charge in [0.25, 0.3) is 0 Å². The van der Waals surface area contributed by atoms with Crippen LogP contribution in [0.25, 0.3) is 10.9 Å². The lowest BCUT2D eigenvalue weighted by Gasteiger charge is -2.29. The van der Waals surface area contributed by atoms with Gasteiger partial charge in [-0.05, 0) is 67.8 Å². The summed E-state index contributed by atoms with van der Waals surface area (Å²) in [4.78, 5) is 29.6. The lowest BCUT2D eigenvalue weighted by Crippen LogP contribution is -2.34. The number of nitrogens with zero attached hydrogens (tertiary/aromatic N) is 2. The van der Waals surface area contributed by atoms with E-state index in [2.05, 4.69) is 4.98 Å². The highest BCUT2D eigenvalue weighted by molar-refractivity contribution is 7.92. The molecule has 0 bridgehead atoms. The van der Waals surface area contributed by atoms with Crippen molar-refractivity contribution in [3.63, 3.8) is 0 Å². The number of aryl methyl sites for hydroxylation is 2. The van der Waals surface area contributed by atoms with Gasteiger partial charge >= 0.3 is 5.97 Å². The van der Waals surface area contributed by atoms with E-state index in [4.69, 9.17) is 16.3 Å². The van der Waals surface area contributed by atoms with Crippen LogP contribution in [0, 0.1) is 6.92 Å². The molecule has 0 fully saturated rings. The van der Waals surface area contributed by atoms with Gasteiger partial charge in [0, 0.05) is 22.5 Å². The molecular formula is C23H21ClN2O5S. The molecule has 4 rings (SSSR count). The van der Waals surface area contributed by atoms with E-state index in [1.165, 1.54) is 4.31 Å². The molecule has 166 valence electrons. The maximum Gasteiger partial charge on any atom is 0.340 e. The molecule has 1 aliphatic heterocycles. The topological polar surface area (TPSA) is 93.6 Å². The van der Waals surface area contributed by atoms with Crippen molar-refractivity contribution in [3.8, 4) is 0 Å². The van der Waals surface area contributed by atoms with Gasteiger partial charge in [-0.3, -0.25) is 14.1 Å². The third-order valence-electron chi connectivity index (χ3n) is 5.40. The van der Waals surface area contributed by atoms with Crippen molar-refractivity contribution in [3.05, 3.63) is 69.9 Å². The van der Waals surface area contributed by atoms with Gasteiger partial charge in [-0.15, -0.1) is 0 Å². The van der Waals surface area contributed by atoms with Crippen molar-refractivity contribution in [1.82, 2.24) is 4.98 Å². The summed E-state index contributed by atoms with van der Waals surface area (Å²) in [7, 11) is -3.38. The predicted octanol–water partition coefficient (Wildman–Crippen LogP) is 3.95. The number of rotatable bonds is 5. The number of carbonyl (C=O) groups is 2. The summed E-state index contributed by atoms with van der Waals surface area (Å²) >= 11 is 6.02. The lowest BCUT2D eigenvalue weighted by molar-refractivity contribution is 0.0473. The van der Waals surface area contributed by atoms with Crippen LogP contribution in [-0.4, -0.2) is 44.6 Å². The molecule has 3 aromatic rings. The number of esters is 1. The third-order valence-corrected chi connectivity index (χ3v) is 6.81. The van der Waals surface area contributed by atoms with Crippen molar-refractivity contribution < 1.29 is 22.7 Å². The number of ketones is 1. The molecule has 7 nitrogen and oxygen atoms in total. The summed E-state index contributed by atoms with van der Waals surface area (Å²) in [5, 5.41) is 1.23. The number of halogens is 1. The van der Waals surface area contributed by atoms with Crippen molar-refractivity contribution >= 4 is 50.0 Å². The molecule has 0 aliphatic carbocycles. The molecule has 9 heteroatoms. The molecule has 0 N–H and O–H groups in total. The van der Waals surface area contributed by atoms with Crippen LogP contribution in [0.3, 0.4) is 0 Å². The summed E-state index contributed by atoms with van der Waals surface area (Å²) in [6, 6.07) is 11.7. The molecular weight excluding hydrogens is 452 g/mol. The van der Waals surface area contributed by atoms with Gasteiger partial charge in [-0.25, -0.2) is 13.2 Å². The monoisotopic (exact) mass is 472 g/mol. The normalized spacial score (nSPS) is 13.7. The van der Waals surface area contributed by atoms with Crippen LogP contribution >= 0.6 is 11.6 Å². The van der Waals surface area contributed by atoms with Gasteiger partial charge in [0.05, 0.1) is 28.7 Å². The Morgan fingerprint density at radius 3 is 2.69 bits per heavy atom. The largest absolute Gasteiger partial charge is 0.454 e. The first-order valence-corrected chi connectivity index (χ1v) is 12.2. The number of anilines is 1. The Bertz CT molecular complexity index is 1350. The summed E-state index contributed by atoms with van der Waals surface area (Å²) in [6.07, 6.45) is 2.51. The number of Topliss-reactive ketones (excluding diaryl/α,β-unsaturated/α-hetero) is 1. The van der Waals surface area contributed by atoms with E-state index >= 15 is 0 Å². The smallest absolute Gasteiger partial charge is 0.340 e. The van der Waals surface area contributed by atoms with Crippen LogP contribution in [0.4, 0.5) is 5.69 Å². The number of hydrogen-bond acceptors (Lipinski definition) is 6. The van der Waals surface area contributed by atoms with Gasteiger partial charge in [0.15, 0.2) is 12.4 Å². The Labute approximate surface area is 191 Å². The van der Waals surface area contributed by atoms with Crippen LogP contribution in [0.1, 0.15) is 38.4 Å². The Balaban J connectivity index is 1.50. The fourth-order valence-electron chi connectivity index (χ4n) is 3.82. The number of aromatic nitrogens is 1. The zero-order chi connectivity index (χ0) is 23.0.